The van der Waals surface area contributed by atoms with E-state index in [0.717, 1.165) is 34.8 Å². The average molecular weight is 344 g/mol. The van der Waals surface area contributed by atoms with E-state index in [-0.39, 0.29) is 12.0 Å². The van der Waals surface area contributed by atoms with E-state index in [1.54, 1.807) is 4.90 Å². The zero-order valence-electron chi connectivity index (χ0n) is 14.7. The fourth-order valence-corrected chi connectivity index (χ4v) is 3.09. The van der Waals surface area contributed by atoms with Crippen LogP contribution in [0.1, 0.15) is 36.6 Å². The Balaban J connectivity index is 1.84. The van der Waals surface area contributed by atoms with Crippen LogP contribution in [0.2, 0.25) is 0 Å². The molecule has 1 aliphatic heterocycles. The summed E-state index contributed by atoms with van der Waals surface area (Å²) in [7, 11) is 0. The molecule has 0 aromatic carbocycles. The van der Waals surface area contributed by atoms with Gasteiger partial charge in [-0.25, -0.2) is 4.98 Å². The van der Waals surface area contributed by atoms with Gasteiger partial charge in [0, 0.05) is 25.9 Å². The molecule has 25 heavy (non-hydrogen) atoms. The van der Waals surface area contributed by atoms with E-state index >= 15 is 0 Å². The van der Waals surface area contributed by atoms with Gasteiger partial charge in [-0.2, -0.15) is 0 Å². The molecule has 7 heteroatoms. The summed E-state index contributed by atoms with van der Waals surface area (Å²) in [5.41, 5.74) is 8.89. The second-order valence-electron chi connectivity index (χ2n) is 6.11. The predicted molar refractivity (Wildman–Crippen MR) is 92.8 cm³/mol. The summed E-state index contributed by atoms with van der Waals surface area (Å²) >= 11 is 0. The van der Waals surface area contributed by atoms with E-state index in [9.17, 15) is 4.79 Å². The van der Waals surface area contributed by atoms with Gasteiger partial charge in [-0.1, -0.05) is 18.1 Å². The third-order valence-corrected chi connectivity index (χ3v) is 4.39. The molecule has 1 fully saturated rings. The maximum Gasteiger partial charge on any atom is 0.224 e. The summed E-state index contributed by atoms with van der Waals surface area (Å²) in [6.45, 7) is 5.90. The van der Waals surface area contributed by atoms with Crippen LogP contribution in [0.25, 0.3) is 11.3 Å². The Hall–Kier alpha value is -2.25. The third-order valence-electron chi connectivity index (χ3n) is 4.39. The normalized spacial score (nSPS) is 17.7. The van der Waals surface area contributed by atoms with Gasteiger partial charge in [-0.15, -0.1) is 0 Å². The van der Waals surface area contributed by atoms with Crippen LogP contribution in [0, 0.1) is 6.92 Å². The van der Waals surface area contributed by atoms with Crippen LogP contribution in [-0.4, -0.2) is 47.2 Å². The molecule has 3 rings (SSSR count). The molecule has 134 valence electrons. The number of hydrogen-bond acceptors (Lipinski definition) is 6. The van der Waals surface area contributed by atoms with E-state index < -0.39 is 0 Å². The highest BCUT2D eigenvalue weighted by Crippen LogP contribution is 2.28. The Bertz CT molecular complexity index is 744. The maximum atomic E-state index is 12.1. The topological polar surface area (TPSA) is 94.5 Å². The molecule has 3 heterocycles. The number of aryl methyl sites for hydroxylation is 2. The summed E-state index contributed by atoms with van der Waals surface area (Å²) < 4.78 is 11.2. The highest BCUT2D eigenvalue weighted by Gasteiger charge is 2.26. The van der Waals surface area contributed by atoms with Crippen molar-refractivity contribution < 1.29 is 14.1 Å². The summed E-state index contributed by atoms with van der Waals surface area (Å²) in [6.07, 6.45) is 0.879. The molecular formula is C18H24N4O3. The van der Waals surface area contributed by atoms with E-state index in [1.165, 1.54) is 0 Å². The fraction of sp³-hybridized carbons (Fsp3) is 0.500. The average Bonchev–Trinajstić information content (AvgIpc) is 3.03. The van der Waals surface area contributed by atoms with Crippen molar-refractivity contribution in [2.45, 2.75) is 32.8 Å². The Morgan fingerprint density at radius 1 is 1.44 bits per heavy atom. The van der Waals surface area contributed by atoms with Gasteiger partial charge in [-0.05, 0) is 19.1 Å². The SMILES string of the molecule is CCc1onc(C)c1-c1cccc(C2CN(C(=O)CCN)CCO2)n1. The van der Waals surface area contributed by atoms with Gasteiger partial charge in [0.15, 0.2) is 0 Å². The number of aromatic nitrogens is 2. The van der Waals surface area contributed by atoms with Crippen molar-refractivity contribution in [3.05, 3.63) is 35.3 Å². The summed E-state index contributed by atoms with van der Waals surface area (Å²) in [5.74, 6) is 0.890. The van der Waals surface area contributed by atoms with Gasteiger partial charge < -0.3 is 19.9 Å². The van der Waals surface area contributed by atoms with Crippen LogP contribution in [0.15, 0.2) is 22.7 Å². The van der Waals surface area contributed by atoms with Crippen LogP contribution in [0.3, 0.4) is 0 Å². The zero-order chi connectivity index (χ0) is 17.8. The zero-order valence-corrected chi connectivity index (χ0v) is 14.7. The van der Waals surface area contributed by atoms with Crippen LogP contribution in [0.4, 0.5) is 0 Å². The molecular weight excluding hydrogens is 320 g/mol. The first-order valence-corrected chi connectivity index (χ1v) is 8.66. The minimum Gasteiger partial charge on any atom is -0.368 e. The lowest BCUT2D eigenvalue weighted by Crippen LogP contribution is -2.43. The lowest BCUT2D eigenvalue weighted by molar-refractivity contribution is -0.138. The molecule has 0 radical (unpaired) electrons. The number of hydrogen-bond donors (Lipinski definition) is 1. The number of morpholine rings is 1. The molecule has 1 aliphatic rings. The third kappa shape index (κ3) is 3.72. The van der Waals surface area contributed by atoms with Crippen molar-refractivity contribution in [1.82, 2.24) is 15.0 Å². The second-order valence-corrected chi connectivity index (χ2v) is 6.11. The lowest BCUT2D eigenvalue weighted by Gasteiger charge is -2.32. The van der Waals surface area contributed by atoms with Crippen molar-refractivity contribution in [1.29, 1.82) is 0 Å². The first kappa shape index (κ1) is 17.6. The molecule has 2 N–H and O–H groups in total. The van der Waals surface area contributed by atoms with E-state index in [4.69, 9.17) is 20.0 Å². The van der Waals surface area contributed by atoms with E-state index in [0.29, 0.717) is 32.7 Å². The van der Waals surface area contributed by atoms with Gasteiger partial charge in [0.05, 0.1) is 35.8 Å². The maximum absolute atomic E-state index is 12.1. The molecule has 0 aliphatic carbocycles. The van der Waals surface area contributed by atoms with Crippen LogP contribution in [-0.2, 0) is 16.0 Å². The standard InChI is InChI=1S/C18H24N4O3/c1-3-15-18(12(2)21-25-15)14-6-4-5-13(20-14)16-11-22(9-10-24-16)17(23)7-8-19/h4-6,16H,3,7-11,19H2,1-2H3. The smallest absolute Gasteiger partial charge is 0.224 e. The summed E-state index contributed by atoms with van der Waals surface area (Å²) in [5, 5.41) is 4.05. The van der Waals surface area contributed by atoms with Crippen LogP contribution < -0.4 is 5.73 Å². The van der Waals surface area contributed by atoms with E-state index in [2.05, 4.69) is 5.16 Å². The highest BCUT2D eigenvalue weighted by molar-refractivity contribution is 5.76. The van der Waals surface area contributed by atoms with Gasteiger partial charge in [0.1, 0.15) is 11.9 Å². The van der Waals surface area contributed by atoms with Gasteiger partial charge in [0.25, 0.3) is 0 Å². The Morgan fingerprint density at radius 3 is 3.04 bits per heavy atom. The molecule has 1 atom stereocenters. The number of carbonyl (C=O) groups excluding carboxylic acids is 1. The van der Waals surface area contributed by atoms with Crippen molar-refractivity contribution in [3.63, 3.8) is 0 Å². The molecule has 2 aromatic rings. The van der Waals surface area contributed by atoms with Crippen molar-refractivity contribution in [2.24, 2.45) is 5.73 Å². The van der Waals surface area contributed by atoms with Crippen molar-refractivity contribution in [3.8, 4) is 11.3 Å². The summed E-state index contributed by atoms with van der Waals surface area (Å²) in [4.78, 5) is 18.7. The molecule has 1 saturated heterocycles. The van der Waals surface area contributed by atoms with E-state index in [1.807, 2.05) is 32.0 Å². The number of nitrogens with two attached hydrogens (primary N) is 1. The number of rotatable bonds is 5. The van der Waals surface area contributed by atoms with Crippen LogP contribution in [0.5, 0.6) is 0 Å². The molecule has 2 aromatic heterocycles. The van der Waals surface area contributed by atoms with Gasteiger partial charge in [-0.3, -0.25) is 4.79 Å². The Labute approximate surface area is 147 Å². The Morgan fingerprint density at radius 2 is 2.28 bits per heavy atom. The fourth-order valence-electron chi connectivity index (χ4n) is 3.09. The van der Waals surface area contributed by atoms with Gasteiger partial charge >= 0.3 is 0 Å². The number of nitrogens with zero attached hydrogens (tertiary/aromatic N) is 3. The van der Waals surface area contributed by atoms with Crippen molar-refractivity contribution in [2.75, 3.05) is 26.2 Å². The Kier molecular flexibility index (Phi) is 5.45. The quantitative estimate of drug-likeness (QED) is 0.889. The lowest BCUT2D eigenvalue weighted by atomic mass is 10.1. The van der Waals surface area contributed by atoms with Crippen LogP contribution >= 0.6 is 0 Å². The largest absolute Gasteiger partial charge is 0.368 e. The number of carbonyl (C=O) groups is 1. The molecule has 7 nitrogen and oxygen atoms in total. The minimum absolute atomic E-state index is 0.0649. The molecule has 1 unspecified atom stereocenters. The molecule has 0 spiro atoms. The van der Waals surface area contributed by atoms with Crippen molar-refractivity contribution >= 4 is 5.91 Å². The number of ether oxygens (including phenoxy) is 1. The molecule has 0 saturated carbocycles. The first-order chi connectivity index (χ1) is 12.1. The highest BCUT2D eigenvalue weighted by atomic mass is 16.5. The summed E-state index contributed by atoms with van der Waals surface area (Å²) in [6, 6.07) is 5.83. The number of pyridine rings is 1. The monoisotopic (exact) mass is 344 g/mol. The van der Waals surface area contributed by atoms with Gasteiger partial charge in [0.2, 0.25) is 5.91 Å². The molecule has 1 amide bonds. The first-order valence-electron chi connectivity index (χ1n) is 8.66. The minimum atomic E-state index is -0.235. The number of amides is 1. The second kappa shape index (κ2) is 7.76. The molecule has 0 bridgehead atoms. The predicted octanol–water partition coefficient (Wildman–Crippen LogP) is 1.86.